The van der Waals surface area contributed by atoms with Crippen molar-refractivity contribution in [1.82, 2.24) is 10.2 Å². The molecule has 0 aliphatic rings. The molecule has 1 N–H and O–H groups in total. The summed E-state index contributed by atoms with van der Waals surface area (Å²) in [4.78, 5) is 29.0. The Hall–Kier alpha value is -3.43. The molecule has 2 amide bonds. The number of nitrogens with zero attached hydrogens (tertiary/aromatic N) is 2. The van der Waals surface area contributed by atoms with Gasteiger partial charge in [-0.2, -0.15) is 0 Å². The van der Waals surface area contributed by atoms with Crippen LogP contribution in [0.1, 0.15) is 37.0 Å². The van der Waals surface area contributed by atoms with E-state index in [1.807, 2.05) is 44.2 Å². The van der Waals surface area contributed by atoms with Gasteiger partial charge in [0.15, 0.2) is 0 Å². The molecule has 40 heavy (non-hydrogen) atoms. The lowest BCUT2D eigenvalue weighted by molar-refractivity contribution is -0.140. The van der Waals surface area contributed by atoms with Crippen LogP contribution in [0.25, 0.3) is 0 Å². The van der Waals surface area contributed by atoms with E-state index in [1.165, 1.54) is 23.1 Å². The molecule has 2 atom stereocenters. The fourth-order valence-electron chi connectivity index (χ4n) is 4.30. The van der Waals surface area contributed by atoms with Crippen LogP contribution in [0.3, 0.4) is 0 Å². The van der Waals surface area contributed by atoms with Gasteiger partial charge in [-0.25, -0.2) is 12.8 Å². The molecule has 214 valence electrons. The number of aryl methyl sites for hydroxylation is 1. The molecule has 3 aromatic carbocycles. The first-order valence-corrected chi connectivity index (χ1v) is 15.2. The summed E-state index contributed by atoms with van der Waals surface area (Å²) in [6, 6.07) is 18.7. The number of rotatable bonds is 12. The monoisotopic (exact) mass is 587 g/mol. The van der Waals surface area contributed by atoms with Crippen molar-refractivity contribution in [3.8, 4) is 0 Å². The third-order valence-corrected chi connectivity index (χ3v) is 8.04. The molecule has 7 nitrogen and oxygen atoms in total. The predicted octanol–water partition coefficient (Wildman–Crippen LogP) is 5.11. The molecule has 3 rings (SSSR count). The zero-order valence-corrected chi connectivity index (χ0v) is 24.7. The zero-order chi connectivity index (χ0) is 29.4. The minimum atomic E-state index is -3.92. The normalized spacial score (nSPS) is 12.8. The van der Waals surface area contributed by atoms with Gasteiger partial charge >= 0.3 is 0 Å². The Morgan fingerprint density at radius 1 is 1.02 bits per heavy atom. The van der Waals surface area contributed by atoms with Crippen LogP contribution in [0.5, 0.6) is 0 Å². The number of amides is 2. The summed E-state index contributed by atoms with van der Waals surface area (Å²) in [5.41, 5.74) is 1.85. The highest BCUT2D eigenvalue weighted by Crippen LogP contribution is 2.26. The van der Waals surface area contributed by atoms with Gasteiger partial charge in [0.1, 0.15) is 18.4 Å². The number of anilines is 1. The quantitative estimate of drug-likeness (QED) is 0.319. The highest BCUT2D eigenvalue weighted by molar-refractivity contribution is 7.92. The van der Waals surface area contributed by atoms with Crippen molar-refractivity contribution in [2.45, 2.75) is 52.2 Å². The van der Waals surface area contributed by atoms with Crippen LogP contribution in [0.2, 0.25) is 5.02 Å². The van der Waals surface area contributed by atoms with Crippen molar-refractivity contribution in [2.75, 3.05) is 17.1 Å². The Bertz CT molecular complexity index is 1440. The van der Waals surface area contributed by atoms with Crippen molar-refractivity contribution in [3.05, 3.63) is 100 Å². The summed E-state index contributed by atoms with van der Waals surface area (Å²) in [5.74, 6) is -1.59. The van der Waals surface area contributed by atoms with Crippen LogP contribution in [0.4, 0.5) is 10.1 Å². The van der Waals surface area contributed by atoms with Crippen LogP contribution in [0, 0.1) is 12.7 Å². The summed E-state index contributed by atoms with van der Waals surface area (Å²) in [7, 11) is -3.92. The number of halogens is 2. The summed E-state index contributed by atoms with van der Waals surface area (Å²) in [5, 5.41) is 3.37. The molecule has 10 heteroatoms. The van der Waals surface area contributed by atoms with Crippen LogP contribution >= 0.6 is 11.6 Å². The fraction of sp³-hybridized carbons (Fsp3) is 0.333. The number of hydrogen-bond acceptors (Lipinski definition) is 4. The average molecular weight is 588 g/mol. The molecule has 0 aliphatic heterocycles. The lowest BCUT2D eigenvalue weighted by atomic mass is 10.0. The molecule has 0 unspecified atom stereocenters. The van der Waals surface area contributed by atoms with Gasteiger partial charge in [-0.05, 0) is 55.7 Å². The molecule has 0 aromatic heterocycles. The van der Waals surface area contributed by atoms with E-state index in [0.29, 0.717) is 17.0 Å². The van der Waals surface area contributed by atoms with Gasteiger partial charge in [0.05, 0.1) is 11.9 Å². The third-order valence-electron chi connectivity index (χ3n) is 6.68. The maximum atomic E-state index is 14.8. The van der Waals surface area contributed by atoms with Crippen molar-refractivity contribution < 1.29 is 22.4 Å². The van der Waals surface area contributed by atoms with Gasteiger partial charge in [-0.15, -0.1) is 0 Å². The Labute approximate surface area is 241 Å². The second-order valence-corrected chi connectivity index (χ2v) is 12.2. The zero-order valence-electron chi connectivity index (χ0n) is 23.1. The second-order valence-electron chi connectivity index (χ2n) is 9.84. The summed E-state index contributed by atoms with van der Waals surface area (Å²) >= 11 is 6.08. The number of carbonyl (C=O) groups excluding carboxylic acids is 2. The standard InChI is InChI=1S/C30H35ClFN3O4S/c1-5-22(3)33-30(37)28(18-23-11-7-6-8-12-23)34(19-24-13-9-10-14-26(24)32)29(36)20-35(40(4,38)39)27-16-15-25(31)17-21(27)2/h6-17,22,28H,5,18-20H2,1-4H3,(H,33,37)/t22-,28+/m0/s1. The van der Waals surface area contributed by atoms with Crippen molar-refractivity contribution in [3.63, 3.8) is 0 Å². The number of benzene rings is 3. The van der Waals surface area contributed by atoms with Gasteiger partial charge in [0.2, 0.25) is 21.8 Å². The molecular formula is C30H35ClFN3O4S. The minimum Gasteiger partial charge on any atom is -0.352 e. The molecule has 0 aliphatic carbocycles. The van der Waals surface area contributed by atoms with Crippen molar-refractivity contribution in [2.24, 2.45) is 0 Å². The first-order chi connectivity index (χ1) is 18.9. The van der Waals surface area contributed by atoms with E-state index in [0.717, 1.165) is 16.1 Å². The maximum absolute atomic E-state index is 14.8. The van der Waals surface area contributed by atoms with Gasteiger partial charge in [0, 0.05) is 29.6 Å². The Kier molecular flexibility index (Phi) is 10.7. The van der Waals surface area contributed by atoms with Gasteiger partial charge < -0.3 is 10.2 Å². The topological polar surface area (TPSA) is 86.8 Å². The number of carbonyl (C=O) groups is 2. The van der Waals surface area contributed by atoms with Gasteiger partial charge in [-0.3, -0.25) is 13.9 Å². The summed E-state index contributed by atoms with van der Waals surface area (Å²) in [6.07, 6.45) is 1.83. The average Bonchev–Trinajstić information content (AvgIpc) is 2.90. The lowest BCUT2D eigenvalue weighted by Crippen LogP contribution is -2.54. The molecule has 0 saturated heterocycles. The Morgan fingerprint density at radius 3 is 2.27 bits per heavy atom. The largest absolute Gasteiger partial charge is 0.352 e. The minimum absolute atomic E-state index is 0.155. The van der Waals surface area contributed by atoms with Crippen molar-refractivity contribution >= 4 is 39.1 Å². The molecule has 0 radical (unpaired) electrons. The highest BCUT2D eigenvalue weighted by atomic mass is 35.5. The molecule has 0 saturated carbocycles. The van der Waals surface area contributed by atoms with Crippen molar-refractivity contribution in [1.29, 1.82) is 0 Å². The Balaban J connectivity index is 2.09. The number of sulfonamides is 1. The lowest BCUT2D eigenvalue weighted by Gasteiger charge is -2.34. The molecule has 0 bridgehead atoms. The molecule has 0 spiro atoms. The van der Waals surface area contributed by atoms with E-state index >= 15 is 0 Å². The first kappa shape index (κ1) is 31.1. The van der Waals surface area contributed by atoms with Gasteiger partial charge in [-0.1, -0.05) is 67.1 Å². The third kappa shape index (κ3) is 8.29. The molecule has 0 heterocycles. The smallest absolute Gasteiger partial charge is 0.244 e. The van der Waals surface area contributed by atoms with E-state index in [1.54, 1.807) is 31.2 Å². The number of nitrogens with one attached hydrogen (secondary N) is 1. The highest BCUT2D eigenvalue weighted by Gasteiger charge is 2.34. The number of hydrogen-bond donors (Lipinski definition) is 1. The second kappa shape index (κ2) is 13.8. The molecule has 0 fully saturated rings. The molecule has 3 aromatic rings. The fourth-order valence-corrected chi connectivity index (χ4v) is 5.43. The summed E-state index contributed by atoms with van der Waals surface area (Å²) < 4.78 is 41.6. The Morgan fingerprint density at radius 2 is 1.68 bits per heavy atom. The van der Waals surface area contributed by atoms with E-state index in [-0.39, 0.29) is 30.3 Å². The van der Waals surface area contributed by atoms with Crippen LogP contribution in [-0.2, 0) is 32.6 Å². The molecular weight excluding hydrogens is 553 g/mol. The van der Waals surface area contributed by atoms with Crippen LogP contribution in [-0.4, -0.2) is 50.0 Å². The van der Waals surface area contributed by atoms with E-state index in [9.17, 15) is 22.4 Å². The predicted molar refractivity (Wildman–Crippen MR) is 157 cm³/mol. The van der Waals surface area contributed by atoms with E-state index in [2.05, 4.69) is 5.32 Å². The van der Waals surface area contributed by atoms with Crippen LogP contribution in [0.15, 0.2) is 72.8 Å². The van der Waals surface area contributed by atoms with E-state index < -0.39 is 40.2 Å². The SMILES string of the molecule is CC[C@H](C)NC(=O)[C@@H](Cc1ccccc1)N(Cc1ccccc1F)C(=O)CN(c1ccc(Cl)cc1C)S(C)(=O)=O. The van der Waals surface area contributed by atoms with E-state index in [4.69, 9.17) is 11.6 Å². The van der Waals surface area contributed by atoms with Crippen LogP contribution < -0.4 is 9.62 Å². The maximum Gasteiger partial charge on any atom is 0.244 e. The van der Waals surface area contributed by atoms with Gasteiger partial charge in [0.25, 0.3) is 0 Å². The first-order valence-electron chi connectivity index (χ1n) is 13.0. The summed E-state index contributed by atoms with van der Waals surface area (Å²) in [6.45, 7) is 4.66.